The van der Waals surface area contributed by atoms with Crippen molar-refractivity contribution in [3.05, 3.63) is 42.2 Å². The van der Waals surface area contributed by atoms with E-state index in [1.54, 1.807) is 36.7 Å². The van der Waals surface area contributed by atoms with Crippen LogP contribution in [0.5, 0.6) is 0 Å². The van der Waals surface area contributed by atoms with Crippen molar-refractivity contribution in [2.75, 3.05) is 7.05 Å². The van der Waals surface area contributed by atoms with E-state index in [-0.39, 0.29) is 11.9 Å². The van der Waals surface area contributed by atoms with E-state index in [2.05, 4.69) is 20.2 Å². The molecule has 6 heteroatoms. The molecule has 94 valence electrons. The minimum absolute atomic E-state index is 0.0455. The highest BCUT2D eigenvalue weighted by atomic mass is 16.2. The zero-order valence-corrected chi connectivity index (χ0v) is 10.4. The Labute approximate surface area is 105 Å². The number of nitrogens with one attached hydrogen (secondary N) is 1. The number of aromatic amines is 1. The number of amides is 1. The van der Waals surface area contributed by atoms with Gasteiger partial charge in [-0.2, -0.15) is 5.10 Å². The third-order valence-electron chi connectivity index (χ3n) is 2.85. The Morgan fingerprint density at radius 2 is 2.28 bits per heavy atom. The van der Waals surface area contributed by atoms with Crippen molar-refractivity contribution >= 4 is 5.91 Å². The first-order valence-corrected chi connectivity index (χ1v) is 5.69. The summed E-state index contributed by atoms with van der Waals surface area (Å²) in [7, 11) is 1.77. The molecule has 1 amide bonds. The number of nitrogens with zero attached hydrogens (tertiary/aromatic N) is 4. The number of rotatable bonds is 4. The fourth-order valence-electron chi connectivity index (χ4n) is 1.65. The van der Waals surface area contributed by atoms with Crippen molar-refractivity contribution in [3.63, 3.8) is 0 Å². The van der Waals surface area contributed by atoms with Crippen LogP contribution in [0.2, 0.25) is 0 Å². The van der Waals surface area contributed by atoms with Crippen LogP contribution in [0.25, 0.3) is 0 Å². The highest BCUT2D eigenvalue weighted by Gasteiger charge is 2.18. The number of hydrogen-bond acceptors (Lipinski definition) is 4. The van der Waals surface area contributed by atoms with Gasteiger partial charge in [0.2, 0.25) is 0 Å². The summed E-state index contributed by atoms with van der Waals surface area (Å²) in [6.45, 7) is 1.98. The summed E-state index contributed by atoms with van der Waals surface area (Å²) >= 11 is 0. The number of aromatic nitrogens is 4. The van der Waals surface area contributed by atoms with Gasteiger partial charge in [0.25, 0.3) is 5.91 Å². The highest BCUT2D eigenvalue weighted by Crippen LogP contribution is 2.08. The minimum atomic E-state index is -0.0554. The maximum Gasteiger partial charge on any atom is 0.257 e. The zero-order chi connectivity index (χ0) is 13.0. The van der Waals surface area contributed by atoms with Gasteiger partial charge in [0.1, 0.15) is 0 Å². The molecular formula is C12H15N5O. The molecule has 2 aromatic rings. The predicted molar refractivity (Wildman–Crippen MR) is 65.9 cm³/mol. The van der Waals surface area contributed by atoms with Crippen LogP contribution >= 0.6 is 0 Å². The minimum Gasteiger partial charge on any atom is -0.339 e. The molecule has 0 bridgehead atoms. The molecule has 0 aromatic carbocycles. The van der Waals surface area contributed by atoms with E-state index in [4.69, 9.17) is 0 Å². The molecule has 1 N–H and O–H groups in total. The number of H-pyrrole nitrogens is 1. The molecule has 0 spiro atoms. The van der Waals surface area contributed by atoms with Crippen molar-refractivity contribution in [1.29, 1.82) is 0 Å². The highest BCUT2D eigenvalue weighted by molar-refractivity contribution is 5.93. The van der Waals surface area contributed by atoms with E-state index in [9.17, 15) is 4.79 Å². The molecule has 18 heavy (non-hydrogen) atoms. The number of likely N-dealkylation sites (N-methyl/N-ethyl adjacent to an activating group) is 1. The summed E-state index contributed by atoms with van der Waals surface area (Å²) in [6.07, 6.45) is 8.79. The van der Waals surface area contributed by atoms with Crippen molar-refractivity contribution in [2.24, 2.45) is 0 Å². The van der Waals surface area contributed by atoms with Gasteiger partial charge in [-0.15, -0.1) is 0 Å². The molecule has 0 saturated carbocycles. The Morgan fingerprint density at radius 1 is 1.44 bits per heavy atom. The van der Waals surface area contributed by atoms with E-state index < -0.39 is 0 Å². The number of hydrogen-bond donors (Lipinski definition) is 1. The van der Waals surface area contributed by atoms with Crippen molar-refractivity contribution in [1.82, 2.24) is 25.1 Å². The Morgan fingerprint density at radius 3 is 2.89 bits per heavy atom. The normalized spacial score (nSPS) is 12.1. The summed E-state index contributed by atoms with van der Waals surface area (Å²) in [4.78, 5) is 22.0. The molecular weight excluding hydrogens is 230 g/mol. The monoisotopic (exact) mass is 245 g/mol. The van der Waals surface area contributed by atoms with Gasteiger partial charge in [-0.1, -0.05) is 0 Å². The summed E-state index contributed by atoms with van der Waals surface area (Å²) in [6, 6.07) is 0.0455. The molecule has 2 rings (SSSR count). The van der Waals surface area contributed by atoms with Gasteiger partial charge in [0.05, 0.1) is 17.5 Å². The molecule has 2 heterocycles. The maximum absolute atomic E-state index is 12.1. The predicted octanol–water partition coefficient (Wildman–Crippen LogP) is 0.903. The molecule has 2 aromatic heterocycles. The topological polar surface area (TPSA) is 74.8 Å². The molecule has 0 fully saturated rings. The third-order valence-corrected chi connectivity index (χ3v) is 2.85. The van der Waals surface area contributed by atoms with Crippen LogP contribution in [0.3, 0.4) is 0 Å². The Balaban J connectivity index is 2.01. The first-order chi connectivity index (χ1) is 8.68. The SMILES string of the molecule is CC(Cc1cnccn1)N(C)C(=O)c1cn[nH]c1. The zero-order valence-electron chi connectivity index (χ0n) is 10.4. The van der Waals surface area contributed by atoms with E-state index in [0.717, 1.165) is 5.69 Å². The van der Waals surface area contributed by atoms with Crippen molar-refractivity contribution < 1.29 is 4.79 Å². The second-order valence-electron chi connectivity index (χ2n) is 4.15. The first kappa shape index (κ1) is 12.2. The van der Waals surface area contributed by atoms with Gasteiger partial charge >= 0.3 is 0 Å². The van der Waals surface area contributed by atoms with Gasteiger partial charge in [-0.3, -0.25) is 19.9 Å². The van der Waals surface area contributed by atoms with E-state index in [1.807, 2.05) is 6.92 Å². The van der Waals surface area contributed by atoms with Crippen LogP contribution in [-0.4, -0.2) is 44.1 Å². The summed E-state index contributed by atoms with van der Waals surface area (Å²) in [5.41, 5.74) is 1.43. The number of carbonyl (C=O) groups excluding carboxylic acids is 1. The largest absolute Gasteiger partial charge is 0.339 e. The van der Waals surface area contributed by atoms with Crippen LogP contribution in [-0.2, 0) is 6.42 Å². The fourth-order valence-corrected chi connectivity index (χ4v) is 1.65. The van der Waals surface area contributed by atoms with Crippen LogP contribution in [0, 0.1) is 0 Å². The van der Waals surface area contributed by atoms with Crippen LogP contribution in [0.1, 0.15) is 23.0 Å². The molecule has 0 aliphatic heterocycles. The fraction of sp³-hybridized carbons (Fsp3) is 0.333. The second kappa shape index (κ2) is 5.39. The van der Waals surface area contributed by atoms with Gasteiger partial charge in [-0.05, 0) is 6.92 Å². The maximum atomic E-state index is 12.1. The lowest BCUT2D eigenvalue weighted by Crippen LogP contribution is -2.36. The van der Waals surface area contributed by atoms with Gasteiger partial charge < -0.3 is 4.90 Å². The van der Waals surface area contributed by atoms with Crippen molar-refractivity contribution in [3.8, 4) is 0 Å². The van der Waals surface area contributed by atoms with Crippen LogP contribution < -0.4 is 0 Å². The van der Waals surface area contributed by atoms with Gasteiger partial charge in [0.15, 0.2) is 0 Å². The molecule has 0 saturated heterocycles. The quantitative estimate of drug-likeness (QED) is 0.868. The standard InChI is InChI=1S/C12H15N5O/c1-9(5-11-8-13-3-4-14-11)17(2)12(18)10-6-15-16-7-10/h3-4,6-9H,5H2,1-2H3,(H,15,16). The van der Waals surface area contributed by atoms with E-state index >= 15 is 0 Å². The van der Waals surface area contributed by atoms with Gasteiger partial charge in [0, 0.05) is 44.3 Å². The Kier molecular flexibility index (Phi) is 3.66. The van der Waals surface area contributed by atoms with Crippen molar-refractivity contribution in [2.45, 2.75) is 19.4 Å². The summed E-state index contributed by atoms with van der Waals surface area (Å²) < 4.78 is 0. The second-order valence-corrected chi connectivity index (χ2v) is 4.15. The molecule has 0 radical (unpaired) electrons. The van der Waals surface area contributed by atoms with E-state index in [1.165, 1.54) is 6.20 Å². The summed E-state index contributed by atoms with van der Waals surface area (Å²) in [5, 5.41) is 6.41. The Hall–Kier alpha value is -2.24. The van der Waals surface area contributed by atoms with Gasteiger partial charge in [-0.25, -0.2) is 0 Å². The Bertz CT molecular complexity index is 496. The average molecular weight is 245 g/mol. The molecule has 0 aliphatic carbocycles. The average Bonchev–Trinajstić information content (AvgIpc) is 2.92. The molecule has 0 aliphatic rings. The molecule has 1 atom stereocenters. The first-order valence-electron chi connectivity index (χ1n) is 5.69. The van der Waals surface area contributed by atoms with Crippen LogP contribution in [0.4, 0.5) is 0 Å². The molecule has 6 nitrogen and oxygen atoms in total. The third kappa shape index (κ3) is 2.71. The molecule has 1 unspecified atom stereocenters. The lowest BCUT2D eigenvalue weighted by molar-refractivity contribution is 0.0743. The summed E-state index contributed by atoms with van der Waals surface area (Å²) in [5.74, 6) is -0.0554. The van der Waals surface area contributed by atoms with Crippen LogP contribution in [0.15, 0.2) is 31.0 Å². The number of carbonyl (C=O) groups is 1. The lowest BCUT2D eigenvalue weighted by Gasteiger charge is -2.24. The lowest BCUT2D eigenvalue weighted by atomic mass is 10.1. The van der Waals surface area contributed by atoms with E-state index in [0.29, 0.717) is 12.0 Å². The smallest absolute Gasteiger partial charge is 0.257 e.